The van der Waals surface area contributed by atoms with Gasteiger partial charge in [-0.05, 0) is 25.5 Å². The minimum Gasteiger partial charge on any atom is -0.389 e. The Labute approximate surface area is 77.2 Å². The lowest BCUT2D eigenvalue weighted by atomic mass is 10.1. The van der Waals surface area contributed by atoms with Crippen molar-refractivity contribution >= 4 is 10.9 Å². The van der Waals surface area contributed by atoms with E-state index < -0.39 is 6.10 Å². The Morgan fingerprint density at radius 2 is 2.15 bits per heavy atom. The first-order valence-corrected chi connectivity index (χ1v) is 4.44. The van der Waals surface area contributed by atoms with E-state index in [1.165, 1.54) is 5.56 Å². The van der Waals surface area contributed by atoms with Crippen molar-refractivity contribution in [3.05, 3.63) is 35.5 Å². The molecule has 0 saturated carbocycles. The van der Waals surface area contributed by atoms with Crippen LogP contribution in [0.3, 0.4) is 0 Å². The highest BCUT2D eigenvalue weighted by Crippen LogP contribution is 2.24. The lowest BCUT2D eigenvalue weighted by Crippen LogP contribution is -1.87. The molecule has 0 saturated heterocycles. The number of H-pyrrole nitrogens is 1. The molecule has 1 unspecified atom stereocenters. The van der Waals surface area contributed by atoms with Crippen molar-refractivity contribution in [3.8, 4) is 0 Å². The van der Waals surface area contributed by atoms with E-state index in [2.05, 4.69) is 24.0 Å². The summed E-state index contributed by atoms with van der Waals surface area (Å²) in [7, 11) is 0. The zero-order valence-electron chi connectivity index (χ0n) is 7.83. The lowest BCUT2D eigenvalue weighted by molar-refractivity contribution is 0.201. The second-order valence-corrected chi connectivity index (χ2v) is 3.47. The molecule has 0 bridgehead atoms. The van der Waals surface area contributed by atoms with Crippen LogP contribution in [0.4, 0.5) is 0 Å². The highest BCUT2D eigenvalue weighted by atomic mass is 16.3. The largest absolute Gasteiger partial charge is 0.389 e. The molecule has 1 heterocycles. The van der Waals surface area contributed by atoms with Gasteiger partial charge in [-0.2, -0.15) is 0 Å². The molecule has 0 aliphatic heterocycles. The summed E-state index contributed by atoms with van der Waals surface area (Å²) in [6.45, 7) is 3.84. The normalized spacial score (nSPS) is 13.5. The van der Waals surface area contributed by atoms with Gasteiger partial charge in [0.2, 0.25) is 0 Å². The fourth-order valence-electron chi connectivity index (χ4n) is 1.61. The quantitative estimate of drug-likeness (QED) is 0.686. The van der Waals surface area contributed by atoms with Crippen molar-refractivity contribution < 1.29 is 5.11 Å². The fourth-order valence-corrected chi connectivity index (χ4v) is 1.61. The maximum absolute atomic E-state index is 9.46. The van der Waals surface area contributed by atoms with Gasteiger partial charge < -0.3 is 10.1 Å². The van der Waals surface area contributed by atoms with E-state index in [9.17, 15) is 5.11 Å². The number of nitrogens with one attached hydrogen (secondary N) is 1. The van der Waals surface area contributed by atoms with E-state index >= 15 is 0 Å². The van der Waals surface area contributed by atoms with Crippen LogP contribution in [0.2, 0.25) is 0 Å². The summed E-state index contributed by atoms with van der Waals surface area (Å²) in [5.41, 5.74) is 3.29. The molecule has 0 fully saturated rings. The number of fused-ring (bicyclic) bond motifs is 1. The maximum Gasteiger partial charge on any atom is 0.0782 e. The van der Waals surface area contributed by atoms with Gasteiger partial charge >= 0.3 is 0 Å². The monoisotopic (exact) mass is 175 g/mol. The highest BCUT2D eigenvalue weighted by molar-refractivity contribution is 5.84. The molecule has 1 aromatic heterocycles. The smallest absolute Gasteiger partial charge is 0.0782 e. The van der Waals surface area contributed by atoms with Gasteiger partial charge in [0.05, 0.1) is 6.10 Å². The van der Waals surface area contributed by atoms with Crippen LogP contribution in [0, 0.1) is 6.92 Å². The first-order valence-electron chi connectivity index (χ1n) is 4.44. The average Bonchev–Trinajstić information content (AvgIpc) is 2.46. The summed E-state index contributed by atoms with van der Waals surface area (Å²) in [4.78, 5) is 3.15. The number of hydrogen-bond donors (Lipinski definition) is 2. The van der Waals surface area contributed by atoms with E-state index in [4.69, 9.17) is 0 Å². The Morgan fingerprint density at radius 3 is 2.85 bits per heavy atom. The van der Waals surface area contributed by atoms with Crippen molar-refractivity contribution in [2.45, 2.75) is 20.0 Å². The number of aliphatic hydroxyl groups is 1. The topological polar surface area (TPSA) is 36.0 Å². The Kier molecular flexibility index (Phi) is 1.85. The molecule has 0 aliphatic rings. The minimum absolute atomic E-state index is 0.406. The molecule has 0 radical (unpaired) electrons. The van der Waals surface area contributed by atoms with E-state index in [-0.39, 0.29) is 0 Å². The van der Waals surface area contributed by atoms with Crippen LogP contribution < -0.4 is 0 Å². The van der Waals surface area contributed by atoms with Crippen LogP contribution in [0.1, 0.15) is 24.2 Å². The van der Waals surface area contributed by atoms with Gasteiger partial charge in [0.1, 0.15) is 0 Å². The van der Waals surface area contributed by atoms with Gasteiger partial charge in [-0.1, -0.05) is 12.1 Å². The summed E-state index contributed by atoms with van der Waals surface area (Å²) in [6.07, 6.45) is 1.46. The summed E-state index contributed by atoms with van der Waals surface area (Å²) >= 11 is 0. The first-order chi connectivity index (χ1) is 6.18. The van der Waals surface area contributed by atoms with E-state index in [0.29, 0.717) is 0 Å². The molecule has 13 heavy (non-hydrogen) atoms. The molecule has 1 atom stereocenters. The molecule has 0 spiro atoms. The summed E-state index contributed by atoms with van der Waals surface area (Å²) in [5.74, 6) is 0. The van der Waals surface area contributed by atoms with Crippen molar-refractivity contribution in [1.82, 2.24) is 4.98 Å². The third-order valence-electron chi connectivity index (χ3n) is 2.32. The molecule has 0 aliphatic carbocycles. The lowest BCUT2D eigenvalue weighted by Gasteiger charge is -2.01. The van der Waals surface area contributed by atoms with Crippen LogP contribution in [0.25, 0.3) is 10.9 Å². The Morgan fingerprint density at radius 1 is 1.38 bits per heavy atom. The van der Waals surface area contributed by atoms with Gasteiger partial charge in [0, 0.05) is 22.7 Å². The van der Waals surface area contributed by atoms with E-state index in [1.54, 1.807) is 6.92 Å². The van der Waals surface area contributed by atoms with E-state index in [1.807, 2.05) is 12.3 Å². The number of aliphatic hydroxyl groups excluding tert-OH is 1. The maximum atomic E-state index is 9.46. The van der Waals surface area contributed by atoms with E-state index in [0.717, 1.165) is 16.5 Å². The Balaban J connectivity index is 2.69. The number of benzene rings is 1. The standard InChI is InChI=1S/C11H13NO/c1-7-3-4-9-10(8(2)13)6-12-11(9)5-7/h3-6,8,12-13H,1-2H3. The molecule has 0 amide bonds. The zero-order valence-corrected chi connectivity index (χ0v) is 7.83. The van der Waals surface area contributed by atoms with Crippen molar-refractivity contribution in [1.29, 1.82) is 0 Å². The number of aromatic nitrogens is 1. The SMILES string of the molecule is Cc1ccc2c(C(C)O)c[nH]c2c1. The molecule has 1 aromatic carbocycles. The van der Waals surface area contributed by atoms with Gasteiger partial charge in [-0.15, -0.1) is 0 Å². The molecular weight excluding hydrogens is 162 g/mol. The Bertz CT molecular complexity index is 429. The molecule has 68 valence electrons. The summed E-state index contributed by atoms with van der Waals surface area (Å²) in [5, 5.41) is 10.6. The van der Waals surface area contributed by atoms with Crippen LogP contribution in [-0.2, 0) is 0 Å². The number of hydrogen-bond acceptors (Lipinski definition) is 1. The molecule has 2 N–H and O–H groups in total. The van der Waals surface area contributed by atoms with Crippen molar-refractivity contribution in [2.24, 2.45) is 0 Å². The summed E-state index contributed by atoms with van der Waals surface area (Å²) < 4.78 is 0. The van der Waals surface area contributed by atoms with Crippen LogP contribution in [0.5, 0.6) is 0 Å². The van der Waals surface area contributed by atoms with Gasteiger partial charge in [-0.3, -0.25) is 0 Å². The summed E-state index contributed by atoms with van der Waals surface area (Å²) in [6, 6.07) is 6.19. The van der Waals surface area contributed by atoms with Crippen molar-refractivity contribution in [2.75, 3.05) is 0 Å². The van der Waals surface area contributed by atoms with Gasteiger partial charge in [0.25, 0.3) is 0 Å². The van der Waals surface area contributed by atoms with Gasteiger partial charge in [0.15, 0.2) is 0 Å². The predicted octanol–water partition coefficient (Wildman–Crippen LogP) is 2.53. The fraction of sp³-hybridized carbons (Fsp3) is 0.273. The first kappa shape index (κ1) is 8.32. The Hall–Kier alpha value is -1.28. The second kappa shape index (κ2) is 2.89. The zero-order chi connectivity index (χ0) is 9.42. The second-order valence-electron chi connectivity index (χ2n) is 3.47. The third-order valence-corrected chi connectivity index (χ3v) is 2.32. The van der Waals surface area contributed by atoms with Crippen LogP contribution in [0.15, 0.2) is 24.4 Å². The molecule has 2 aromatic rings. The molecule has 2 rings (SSSR count). The minimum atomic E-state index is -0.406. The predicted molar refractivity (Wildman–Crippen MR) is 53.7 cm³/mol. The molecule has 2 heteroatoms. The van der Waals surface area contributed by atoms with Gasteiger partial charge in [-0.25, -0.2) is 0 Å². The highest BCUT2D eigenvalue weighted by Gasteiger charge is 2.07. The van der Waals surface area contributed by atoms with Crippen LogP contribution in [-0.4, -0.2) is 10.1 Å². The number of aryl methyl sites for hydroxylation is 1. The van der Waals surface area contributed by atoms with Crippen LogP contribution >= 0.6 is 0 Å². The third kappa shape index (κ3) is 1.33. The molecule has 2 nitrogen and oxygen atoms in total. The van der Waals surface area contributed by atoms with Crippen molar-refractivity contribution in [3.63, 3.8) is 0 Å². The average molecular weight is 175 g/mol. The number of aromatic amines is 1. The molecular formula is C11H13NO. The number of rotatable bonds is 1.